The predicted molar refractivity (Wildman–Crippen MR) is 94.6 cm³/mol. The SMILES string of the molecule is C[C@H]1CCCN(CCC(=O)N2CCN(c3ccccc3F)CC2)C1. The highest BCUT2D eigenvalue weighted by Gasteiger charge is 2.23. The number of benzene rings is 1. The summed E-state index contributed by atoms with van der Waals surface area (Å²) in [7, 11) is 0. The van der Waals surface area contributed by atoms with Crippen LogP contribution in [0.15, 0.2) is 24.3 Å². The maximum Gasteiger partial charge on any atom is 0.223 e. The van der Waals surface area contributed by atoms with Crippen molar-refractivity contribution in [3.8, 4) is 0 Å². The molecule has 1 atom stereocenters. The Kier molecular flexibility index (Phi) is 5.72. The van der Waals surface area contributed by atoms with Crippen LogP contribution < -0.4 is 4.90 Å². The van der Waals surface area contributed by atoms with Crippen LogP contribution >= 0.6 is 0 Å². The third-order valence-corrected chi connectivity index (χ3v) is 5.21. The number of hydrogen-bond acceptors (Lipinski definition) is 3. The van der Waals surface area contributed by atoms with E-state index in [9.17, 15) is 9.18 Å². The number of carbonyl (C=O) groups is 1. The molecule has 0 aliphatic carbocycles. The summed E-state index contributed by atoms with van der Waals surface area (Å²) in [6, 6.07) is 6.87. The van der Waals surface area contributed by atoms with Crippen molar-refractivity contribution in [2.24, 2.45) is 5.92 Å². The van der Waals surface area contributed by atoms with Crippen molar-refractivity contribution in [1.82, 2.24) is 9.80 Å². The lowest BCUT2D eigenvalue weighted by Crippen LogP contribution is -2.49. The fourth-order valence-corrected chi connectivity index (χ4v) is 3.81. The molecule has 24 heavy (non-hydrogen) atoms. The Hall–Kier alpha value is -1.62. The van der Waals surface area contributed by atoms with Gasteiger partial charge in [-0.15, -0.1) is 0 Å². The summed E-state index contributed by atoms with van der Waals surface area (Å²) >= 11 is 0. The van der Waals surface area contributed by atoms with E-state index in [4.69, 9.17) is 0 Å². The highest BCUT2D eigenvalue weighted by molar-refractivity contribution is 5.76. The third-order valence-electron chi connectivity index (χ3n) is 5.21. The molecule has 0 bridgehead atoms. The summed E-state index contributed by atoms with van der Waals surface area (Å²) in [5, 5.41) is 0. The van der Waals surface area contributed by atoms with E-state index in [-0.39, 0.29) is 11.7 Å². The summed E-state index contributed by atoms with van der Waals surface area (Å²) in [5.41, 5.74) is 0.645. The number of piperazine rings is 1. The Balaban J connectivity index is 1.44. The summed E-state index contributed by atoms with van der Waals surface area (Å²) in [6.07, 6.45) is 3.16. The number of likely N-dealkylation sites (tertiary alicyclic amines) is 1. The molecular weight excluding hydrogens is 305 g/mol. The maximum atomic E-state index is 13.9. The van der Waals surface area contributed by atoms with E-state index < -0.39 is 0 Å². The van der Waals surface area contributed by atoms with Crippen molar-refractivity contribution in [2.45, 2.75) is 26.2 Å². The minimum atomic E-state index is -0.184. The quantitative estimate of drug-likeness (QED) is 0.847. The fraction of sp³-hybridized carbons (Fsp3) is 0.632. The number of anilines is 1. The number of carbonyl (C=O) groups excluding carboxylic acids is 1. The average molecular weight is 333 g/mol. The van der Waals surface area contributed by atoms with Gasteiger partial charge in [-0.2, -0.15) is 0 Å². The van der Waals surface area contributed by atoms with Gasteiger partial charge >= 0.3 is 0 Å². The number of amides is 1. The molecular formula is C19H28FN3O. The molecule has 0 unspecified atom stereocenters. The molecule has 2 fully saturated rings. The van der Waals surface area contributed by atoms with Crippen molar-refractivity contribution in [3.05, 3.63) is 30.1 Å². The lowest BCUT2D eigenvalue weighted by atomic mass is 10.0. The van der Waals surface area contributed by atoms with Crippen molar-refractivity contribution in [2.75, 3.05) is 50.7 Å². The van der Waals surface area contributed by atoms with Gasteiger partial charge in [-0.25, -0.2) is 4.39 Å². The third kappa shape index (κ3) is 4.26. The molecule has 0 radical (unpaired) electrons. The van der Waals surface area contributed by atoms with Crippen molar-refractivity contribution >= 4 is 11.6 Å². The average Bonchev–Trinajstić information content (AvgIpc) is 2.60. The standard InChI is InChI=1S/C19H28FN3O/c1-16-5-4-9-21(15-16)10-8-19(24)23-13-11-22(12-14-23)18-7-3-2-6-17(18)20/h2-3,6-7,16H,4-5,8-15H2,1H3/t16-/m0/s1. The second-order valence-electron chi connectivity index (χ2n) is 7.12. The Morgan fingerprint density at radius 1 is 1.17 bits per heavy atom. The van der Waals surface area contributed by atoms with Crippen LogP contribution in [0.1, 0.15) is 26.2 Å². The highest BCUT2D eigenvalue weighted by atomic mass is 19.1. The van der Waals surface area contributed by atoms with Crippen LogP contribution in [0.2, 0.25) is 0 Å². The molecule has 0 aromatic heterocycles. The number of rotatable bonds is 4. The van der Waals surface area contributed by atoms with Crippen LogP contribution in [-0.2, 0) is 4.79 Å². The van der Waals surface area contributed by atoms with E-state index >= 15 is 0 Å². The molecule has 0 N–H and O–H groups in total. The van der Waals surface area contributed by atoms with Crippen molar-refractivity contribution < 1.29 is 9.18 Å². The smallest absolute Gasteiger partial charge is 0.223 e. The number of para-hydroxylation sites is 1. The van der Waals surface area contributed by atoms with Crippen LogP contribution in [0.5, 0.6) is 0 Å². The van der Waals surface area contributed by atoms with Gasteiger partial charge in [0.25, 0.3) is 0 Å². The maximum absolute atomic E-state index is 13.9. The zero-order valence-electron chi connectivity index (χ0n) is 14.6. The van der Waals surface area contributed by atoms with E-state index in [2.05, 4.69) is 11.8 Å². The van der Waals surface area contributed by atoms with Gasteiger partial charge in [0.2, 0.25) is 5.91 Å². The minimum Gasteiger partial charge on any atom is -0.366 e. The van der Waals surface area contributed by atoms with Crippen LogP contribution in [0, 0.1) is 11.7 Å². The molecule has 2 heterocycles. The van der Waals surface area contributed by atoms with Gasteiger partial charge in [0.15, 0.2) is 0 Å². The molecule has 2 aliphatic heterocycles. The van der Waals surface area contributed by atoms with Gasteiger partial charge in [-0.05, 0) is 37.4 Å². The summed E-state index contributed by atoms with van der Waals surface area (Å²) in [6.45, 7) is 8.17. The largest absolute Gasteiger partial charge is 0.366 e. The van der Waals surface area contributed by atoms with Gasteiger partial charge in [0.05, 0.1) is 5.69 Å². The Morgan fingerprint density at radius 2 is 1.92 bits per heavy atom. The van der Waals surface area contributed by atoms with Gasteiger partial charge in [0.1, 0.15) is 5.82 Å². The van der Waals surface area contributed by atoms with E-state index in [1.165, 1.54) is 18.9 Å². The molecule has 0 spiro atoms. The number of nitrogens with zero attached hydrogens (tertiary/aromatic N) is 3. The van der Waals surface area contributed by atoms with Crippen molar-refractivity contribution in [1.29, 1.82) is 0 Å². The minimum absolute atomic E-state index is 0.184. The summed E-state index contributed by atoms with van der Waals surface area (Å²) < 4.78 is 13.9. The molecule has 5 heteroatoms. The van der Waals surface area contributed by atoms with Gasteiger partial charge in [-0.1, -0.05) is 19.1 Å². The molecule has 132 valence electrons. The lowest BCUT2D eigenvalue weighted by Gasteiger charge is -2.37. The van der Waals surface area contributed by atoms with Crippen molar-refractivity contribution in [3.63, 3.8) is 0 Å². The van der Waals surface area contributed by atoms with E-state index in [1.807, 2.05) is 21.9 Å². The summed E-state index contributed by atoms with van der Waals surface area (Å²) in [5.74, 6) is 0.802. The predicted octanol–water partition coefficient (Wildman–Crippen LogP) is 2.60. The molecule has 2 saturated heterocycles. The Labute approximate surface area is 144 Å². The Bertz CT molecular complexity index is 557. The fourth-order valence-electron chi connectivity index (χ4n) is 3.81. The monoisotopic (exact) mass is 333 g/mol. The molecule has 1 aromatic rings. The number of halogens is 1. The first-order chi connectivity index (χ1) is 11.6. The molecule has 1 amide bonds. The van der Waals surface area contributed by atoms with Gasteiger partial charge in [-0.3, -0.25) is 4.79 Å². The van der Waals surface area contributed by atoms with Gasteiger partial charge in [0, 0.05) is 45.7 Å². The van der Waals surface area contributed by atoms with Crippen LogP contribution in [0.4, 0.5) is 10.1 Å². The lowest BCUT2D eigenvalue weighted by molar-refractivity contribution is -0.131. The topological polar surface area (TPSA) is 26.8 Å². The summed E-state index contributed by atoms with van der Waals surface area (Å²) in [4.78, 5) is 18.8. The van der Waals surface area contributed by atoms with E-state index in [0.717, 1.165) is 25.6 Å². The molecule has 0 saturated carbocycles. The van der Waals surface area contributed by atoms with Gasteiger partial charge < -0.3 is 14.7 Å². The number of hydrogen-bond donors (Lipinski definition) is 0. The van der Waals surface area contributed by atoms with E-state index in [1.54, 1.807) is 6.07 Å². The Morgan fingerprint density at radius 3 is 2.62 bits per heavy atom. The van der Waals surface area contributed by atoms with E-state index in [0.29, 0.717) is 38.3 Å². The molecule has 2 aliphatic rings. The highest BCUT2D eigenvalue weighted by Crippen LogP contribution is 2.20. The molecule has 1 aromatic carbocycles. The molecule has 4 nitrogen and oxygen atoms in total. The first kappa shape index (κ1) is 17.2. The first-order valence-electron chi connectivity index (χ1n) is 9.13. The van der Waals surface area contributed by atoms with Crippen LogP contribution in [0.25, 0.3) is 0 Å². The first-order valence-corrected chi connectivity index (χ1v) is 9.13. The molecule has 3 rings (SSSR count). The van der Waals surface area contributed by atoms with Crippen LogP contribution in [-0.4, -0.2) is 61.5 Å². The normalized spacial score (nSPS) is 22.7. The zero-order valence-corrected chi connectivity index (χ0v) is 14.6. The number of piperidine rings is 1. The zero-order chi connectivity index (χ0) is 16.9. The van der Waals surface area contributed by atoms with Crippen LogP contribution in [0.3, 0.4) is 0 Å². The second kappa shape index (κ2) is 7.97. The second-order valence-corrected chi connectivity index (χ2v) is 7.12.